The molecule has 0 aromatic heterocycles. The van der Waals surface area contributed by atoms with Crippen molar-refractivity contribution in [3.8, 4) is 0 Å². The van der Waals surface area contributed by atoms with Gasteiger partial charge in [0.15, 0.2) is 11.6 Å². The normalized spacial score (nSPS) is 12.6. The zero-order chi connectivity index (χ0) is 21.5. The van der Waals surface area contributed by atoms with E-state index in [2.05, 4.69) is 0 Å². The molecule has 0 saturated carbocycles. The molecule has 2 atom stereocenters. The Labute approximate surface area is 187 Å². The number of carbonyl (C=O) groups is 2. The second kappa shape index (κ2) is 10.1. The third-order valence-electron chi connectivity index (χ3n) is 5.07. The molecular weight excluding hydrogens is 400 g/mol. The molecule has 0 unspecified atom stereocenters. The van der Waals surface area contributed by atoms with E-state index in [-0.39, 0.29) is 11.6 Å². The minimum Gasteiger partial charge on any atom is -0.293 e. The second-order valence-corrected chi connectivity index (χ2v) is 8.39. The van der Waals surface area contributed by atoms with E-state index in [4.69, 9.17) is 0 Å². The molecule has 3 heteroatoms. The van der Waals surface area contributed by atoms with E-state index in [9.17, 15) is 9.59 Å². The van der Waals surface area contributed by atoms with Crippen LogP contribution >= 0.6 is 11.8 Å². The van der Waals surface area contributed by atoms with Crippen molar-refractivity contribution in [1.82, 2.24) is 0 Å². The van der Waals surface area contributed by atoms with Crippen LogP contribution in [0.4, 0.5) is 0 Å². The lowest BCUT2D eigenvalue weighted by Gasteiger charge is -2.23. The summed E-state index contributed by atoms with van der Waals surface area (Å²) >= 11 is 1.40. The Bertz CT molecular complexity index is 1030. The predicted octanol–water partition coefficient (Wildman–Crippen LogP) is 6.97. The first-order valence-electron chi connectivity index (χ1n) is 10.2. The van der Waals surface area contributed by atoms with Gasteiger partial charge in [0.05, 0.1) is 10.5 Å². The molecule has 0 bridgehead atoms. The van der Waals surface area contributed by atoms with Crippen LogP contribution in [0, 0.1) is 0 Å². The van der Waals surface area contributed by atoms with Gasteiger partial charge in [-0.3, -0.25) is 9.59 Å². The van der Waals surface area contributed by atoms with Crippen molar-refractivity contribution in [1.29, 1.82) is 0 Å². The lowest BCUT2D eigenvalue weighted by Crippen LogP contribution is -2.16. The van der Waals surface area contributed by atoms with E-state index in [0.29, 0.717) is 11.1 Å². The third-order valence-corrected chi connectivity index (χ3v) is 6.59. The van der Waals surface area contributed by atoms with Crippen LogP contribution in [-0.4, -0.2) is 11.6 Å². The number of carbonyl (C=O) groups excluding carboxylic acids is 2. The van der Waals surface area contributed by atoms with Gasteiger partial charge < -0.3 is 0 Å². The maximum atomic E-state index is 13.5. The highest BCUT2D eigenvalue weighted by atomic mass is 32.2. The van der Waals surface area contributed by atoms with Crippen molar-refractivity contribution in [3.63, 3.8) is 0 Å². The van der Waals surface area contributed by atoms with Crippen molar-refractivity contribution in [2.24, 2.45) is 0 Å². The topological polar surface area (TPSA) is 34.1 Å². The van der Waals surface area contributed by atoms with Gasteiger partial charge in [-0.2, -0.15) is 0 Å². The van der Waals surface area contributed by atoms with E-state index in [1.807, 2.05) is 121 Å². The third kappa shape index (κ3) is 5.01. The molecule has 0 fully saturated rings. The molecular formula is C28H22O2S. The molecule has 0 aliphatic heterocycles. The summed E-state index contributed by atoms with van der Waals surface area (Å²) in [6.07, 6.45) is 0. The molecule has 0 radical (unpaired) electrons. The summed E-state index contributed by atoms with van der Waals surface area (Å²) in [6, 6.07) is 38.0. The largest absolute Gasteiger partial charge is 0.293 e. The average Bonchev–Trinajstić information content (AvgIpc) is 2.86. The Morgan fingerprint density at radius 2 is 0.742 bits per heavy atom. The molecule has 0 spiro atoms. The van der Waals surface area contributed by atoms with Crippen LogP contribution in [0.15, 0.2) is 121 Å². The lowest BCUT2D eigenvalue weighted by atomic mass is 10.0. The first-order valence-corrected chi connectivity index (χ1v) is 11.1. The maximum Gasteiger partial charge on any atom is 0.180 e. The van der Waals surface area contributed by atoms with Gasteiger partial charge in [0.2, 0.25) is 0 Å². The molecule has 0 aliphatic rings. The number of ketones is 2. The van der Waals surface area contributed by atoms with Crippen LogP contribution in [0.1, 0.15) is 42.3 Å². The van der Waals surface area contributed by atoms with Crippen LogP contribution in [-0.2, 0) is 0 Å². The van der Waals surface area contributed by atoms with Crippen molar-refractivity contribution in [2.75, 3.05) is 0 Å². The average molecular weight is 423 g/mol. The zero-order valence-electron chi connectivity index (χ0n) is 16.9. The van der Waals surface area contributed by atoms with Crippen LogP contribution in [0.5, 0.6) is 0 Å². The Morgan fingerprint density at radius 1 is 0.452 bits per heavy atom. The van der Waals surface area contributed by atoms with Crippen LogP contribution in [0.2, 0.25) is 0 Å². The smallest absolute Gasteiger partial charge is 0.180 e. The van der Waals surface area contributed by atoms with E-state index in [1.165, 1.54) is 11.8 Å². The summed E-state index contributed by atoms with van der Waals surface area (Å²) in [6.45, 7) is 0. The first kappa shape index (κ1) is 20.8. The quantitative estimate of drug-likeness (QED) is 0.288. The standard InChI is InChI=1S/C28H22O2S/c29-25(21-13-5-1-6-14-21)27(23-17-9-3-10-18-23)31-28(24-19-11-4-12-20-24)26(30)22-15-7-2-8-16-22/h1-20,27-28H/t27-,28-/m0/s1. The van der Waals surface area contributed by atoms with Gasteiger partial charge in [0.25, 0.3) is 0 Å². The molecule has 4 aromatic carbocycles. The van der Waals surface area contributed by atoms with E-state index in [1.54, 1.807) is 0 Å². The molecule has 0 aliphatic carbocycles. The van der Waals surface area contributed by atoms with Crippen molar-refractivity contribution in [3.05, 3.63) is 144 Å². The Hall–Kier alpha value is -3.43. The molecule has 4 aromatic rings. The van der Waals surface area contributed by atoms with Gasteiger partial charge in [-0.15, -0.1) is 11.8 Å². The van der Waals surface area contributed by atoms with E-state index >= 15 is 0 Å². The highest BCUT2D eigenvalue weighted by Crippen LogP contribution is 2.44. The predicted molar refractivity (Wildman–Crippen MR) is 128 cm³/mol. The van der Waals surface area contributed by atoms with Crippen LogP contribution in [0.3, 0.4) is 0 Å². The molecule has 2 nitrogen and oxygen atoms in total. The van der Waals surface area contributed by atoms with Crippen molar-refractivity contribution < 1.29 is 9.59 Å². The minimum absolute atomic E-state index is 0.00130. The Balaban J connectivity index is 1.75. The lowest BCUT2D eigenvalue weighted by molar-refractivity contribution is 0.0988. The molecule has 4 rings (SSSR count). The van der Waals surface area contributed by atoms with Gasteiger partial charge >= 0.3 is 0 Å². The van der Waals surface area contributed by atoms with Crippen molar-refractivity contribution >= 4 is 23.3 Å². The van der Waals surface area contributed by atoms with Gasteiger partial charge in [-0.05, 0) is 11.1 Å². The molecule has 0 N–H and O–H groups in total. The molecule has 0 heterocycles. The fourth-order valence-corrected chi connectivity index (χ4v) is 4.90. The summed E-state index contributed by atoms with van der Waals surface area (Å²) in [5.41, 5.74) is 3.07. The summed E-state index contributed by atoms with van der Waals surface area (Å²) < 4.78 is 0. The number of Topliss-reactive ketones (excluding diaryl/α,β-unsaturated/α-hetero) is 2. The number of thioether (sulfide) groups is 1. The highest BCUT2D eigenvalue weighted by molar-refractivity contribution is 8.01. The number of hydrogen-bond donors (Lipinski definition) is 0. The van der Waals surface area contributed by atoms with E-state index < -0.39 is 10.5 Å². The van der Waals surface area contributed by atoms with Crippen LogP contribution in [0.25, 0.3) is 0 Å². The molecule has 152 valence electrons. The van der Waals surface area contributed by atoms with Gasteiger partial charge in [-0.1, -0.05) is 121 Å². The number of benzene rings is 4. The zero-order valence-corrected chi connectivity index (χ0v) is 17.7. The van der Waals surface area contributed by atoms with Gasteiger partial charge in [0.1, 0.15) is 0 Å². The molecule has 0 saturated heterocycles. The second-order valence-electron chi connectivity index (χ2n) is 7.18. The van der Waals surface area contributed by atoms with Crippen molar-refractivity contribution in [2.45, 2.75) is 10.5 Å². The van der Waals surface area contributed by atoms with Crippen LogP contribution < -0.4 is 0 Å². The maximum absolute atomic E-state index is 13.5. The first-order chi connectivity index (χ1) is 15.2. The molecule has 31 heavy (non-hydrogen) atoms. The SMILES string of the molecule is O=C(c1ccccc1)[C@@H](S[C@H](C(=O)c1ccccc1)c1ccccc1)c1ccccc1. The number of rotatable bonds is 8. The fourth-order valence-electron chi connectivity index (χ4n) is 3.48. The highest BCUT2D eigenvalue weighted by Gasteiger charge is 2.31. The summed E-state index contributed by atoms with van der Waals surface area (Å²) in [4.78, 5) is 27.1. The van der Waals surface area contributed by atoms with E-state index in [0.717, 1.165) is 11.1 Å². The monoisotopic (exact) mass is 422 g/mol. The Morgan fingerprint density at radius 3 is 1.06 bits per heavy atom. The fraction of sp³-hybridized carbons (Fsp3) is 0.0714. The molecule has 0 amide bonds. The van der Waals surface area contributed by atoms with Gasteiger partial charge in [-0.25, -0.2) is 0 Å². The summed E-state index contributed by atoms with van der Waals surface area (Å²) in [7, 11) is 0. The number of hydrogen-bond acceptors (Lipinski definition) is 3. The Kier molecular flexibility index (Phi) is 6.75. The summed E-state index contributed by atoms with van der Waals surface area (Å²) in [5, 5.41) is -0.997. The summed E-state index contributed by atoms with van der Waals surface area (Å²) in [5.74, 6) is -0.00261. The van der Waals surface area contributed by atoms with Gasteiger partial charge in [0, 0.05) is 11.1 Å². The minimum atomic E-state index is -0.499.